The summed E-state index contributed by atoms with van der Waals surface area (Å²) < 4.78 is 15.4. The number of hydrogen-bond donors (Lipinski definition) is 0. The number of nitrogens with zero attached hydrogens (tertiary/aromatic N) is 1. The van der Waals surface area contributed by atoms with Crippen LogP contribution in [-0.2, 0) is 10.6 Å². The molecule has 1 rings (SSSR count). The molecule has 0 amide bonds. The second-order valence-electron chi connectivity index (χ2n) is 3.01. The molecule has 80 valence electrons. The van der Waals surface area contributed by atoms with Crippen LogP contribution in [0.2, 0.25) is 0 Å². The summed E-state index contributed by atoms with van der Waals surface area (Å²) in [6.45, 7) is 4.89. The van der Waals surface area contributed by atoms with Gasteiger partial charge in [0.2, 0.25) is 0 Å². The second kappa shape index (κ2) is 5.88. The Bertz CT molecular complexity index is 262. The minimum Gasteiger partial charge on any atom is -0.448 e. The zero-order valence-electron chi connectivity index (χ0n) is 8.33. The maximum Gasteiger partial charge on any atom is 0.393 e. The fraction of sp³-hybridized carbons (Fsp3) is 0.667. The third kappa shape index (κ3) is 3.98. The Balaban J connectivity index is 2.18. The molecule has 1 aromatic rings. The molecule has 0 unspecified atom stereocenters. The highest BCUT2D eigenvalue weighted by atomic mass is 35.5. The summed E-state index contributed by atoms with van der Waals surface area (Å²) in [6, 6.07) is 0. The van der Waals surface area contributed by atoms with Gasteiger partial charge in [-0.05, 0) is 13.8 Å². The van der Waals surface area contributed by atoms with Crippen LogP contribution in [0.3, 0.4) is 0 Å². The van der Waals surface area contributed by atoms with Crippen molar-refractivity contribution in [3.63, 3.8) is 0 Å². The normalized spacial score (nSPS) is 10.9. The lowest BCUT2D eigenvalue weighted by Gasteiger charge is -2.06. The number of halogens is 1. The Labute approximate surface area is 88.2 Å². The first-order chi connectivity index (χ1) is 6.72. The van der Waals surface area contributed by atoms with Gasteiger partial charge in [0.25, 0.3) is 0 Å². The molecule has 0 saturated heterocycles. The van der Waals surface area contributed by atoms with E-state index in [-0.39, 0.29) is 12.2 Å². The summed E-state index contributed by atoms with van der Waals surface area (Å²) >= 11 is 5.54. The molecular weight excluding hydrogens is 206 g/mol. The molecule has 0 saturated carbocycles. The quantitative estimate of drug-likeness (QED) is 0.544. The minimum absolute atomic E-state index is 0.210. The first-order valence-corrected chi connectivity index (χ1v) is 5.00. The molecule has 0 spiro atoms. The van der Waals surface area contributed by atoms with Crippen LogP contribution >= 0.6 is 11.6 Å². The zero-order valence-corrected chi connectivity index (χ0v) is 9.08. The zero-order chi connectivity index (χ0) is 10.4. The van der Waals surface area contributed by atoms with Crippen LogP contribution in [0, 0.1) is 0 Å². The highest BCUT2D eigenvalue weighted by Crippen LogP contribution is 2.11. The summed E-state index contributed by atoms with van der Waals surface area (Å²) in [6.07, 6.45) is 1.93. The van der Waals surface area contributed by atoms with E-state index in [4.69, 9.17) is 25.5 Å². The van der Waals surface area contributed by atoms with Gasteiger partial charge in [-0.25, -0.2) is 0 Å². The highest BCUT2D eigenvalue weighted by Gasteiger charge is 2.03. The molecule has 0 fully saturated rings. The van der Waals surface area contributed by atoms with Crippen LogP contribution in [0.25, 0.3) is 0 Å². The Hall–Kier alpha value is -0.740. The largest absolute Gasteiger partial charge is 0.448 e. The first-order valence-electron chi connectivity index (χ1n) is 4.47. The molecule has 0 aromatic carbocycles. The second-order valence-corrected chi connectivity index (χ2v) is 3.27. The van der Waals surface area contributed by atoms with Crippen molar-refractivity contribution < 1.29 is 13.9 Å². The monoisotopic (exact) mass is 219 g/mol. The van der Waals surface area contributed by atoms with Gasteiger partial charge in [-0.1, -0.05) is 0 Å². The van der Waals surface area contributed by atoms with E-state index in [1.807, 2.05) is 13.8 Å². The van der Waals surface area contributed by atoms with Crippen LogP contribution in [0.1, 0.15) is 19.5 Å². The van der Waals surface area contributed by atoms with Crippen molar-refractivity contribution >= 4 is 11.6 Å². The molecule has 0 aliphatic rings. The molecule has 0 N–H and O–H groups in total. The molecule has 1 aromatic heterocycles. The van der Waals surface area contributed by atoms with Crippen LogP contribution in [-0.4, -0.2) is 24.3 Å². The summed E-state index contributed by atoms with van der Waals surface area (Å²) in [5.41, 5.74) is 0.673. The van der Waals surface area contributed by atoms with Crippen molar-refractivity contribution in [2.75, 3.05) is 13.2 Å². The molecule has 5 heteroatoms. The molecule has 4 nitrogen and oxygen atoms in total. The van der Waals surface area contributed by atoms with Crippen LogP contribution < -0.4 is 4.74 Å². The minimum atomic E-state index is 0.210. The van der Waals surface area contributed by atoms with E-state index in [0.29, 0.717) is 24.8 Å². The molecule has 0 aliphatic heterocycles. The van der Waals surface area contributed by atoms with Crippen LogP contribution in [0.15, 0.2) is 10.7 Å². The van der Waals surface area contributed by atoms with Gasteiger partial charge >= 0.3 is 6.08 Å². The van der Waals surface area contributed by atoms with E-state index in [2.05, 4.69) is 4.98 Å². The fourth-order valence-electron chi connectivity index (χ4n) is 0.829. The van der Waals surface area contributed by atoms with Crippen molar-refractivity contribution in [3.05, 3.63) is 12.0 Å². The summed E-state index contributed by atoms with van der Waals surface area (Å²) in [4.78, 5) is 3.97. The highest BCUT2D eigenvalue weighted by molar-refractivity contribution is 6.16. The number of alkyl halides is 1. The van der Waals surface area contributed by atoms with Gasteiger partial charge in [0.1, 0.15) is 12.9 Å². The number of ether oxygens (including phenoxy) is 2. The van der Waals surface area contributed by atoms with Crippen molar-refractivity contribution in [2.45, 2.75) is 25.8 Å². The molecule has 0 aliphatic carbocycles. The van der Waals surface area contributed by atoms with E-state index in [0.717, 1.165) is 0 Å². The fourth-order valence-corrected chi connectivity index (χ4v) is 0.952. The summed E-state index contributed by atoms with van der Waals surface area (Å²) in [5.74, 6) is 0.329. The molecule has 14 heavy (non-hydrogen) atoms. The van der Waals surface area contributed by atoms with E-state index < -0.39 is 0 Å². The smallest absolute Gasteiger partial charge is 0.393 e. The molecule has 1 heterocycles. The topological polar surface area (TPSA) is 44.5 Å². The molecule has 0 radical (unpaired) electrons. The van der Waals surface area contributed by atoms with Crippen molar-refractivity contribution in [1.29, 1.82) is 0 Å². The summed E-state index contributed by atoms with van der Waals surface area (Å²) in [5, 5.41) is 0. The lowest BCUT2D eigenvalue weighted by atomic mass is 10.5. The predicted molar refractivity (Wildman–Crippen MR) is 52.6 cm³/mol. The maximum atomic E-state index is 5.54. The molecule has 0 atom stereocenters. The molecular formula is C9H14ClNO3. The average molecular weight is 220 g/mol. The van der Waals surface area contributed by atoms with Crippen molar-refractivity contribution in [2.24, 2.45) is 0 Å². The third-order valence-corrected chi connectivity index (χ3v) is 1.70. The number of aromatic nitrogens is 1. The van der Waals surface area contributed by atoms with Crippen LogP contribution in [0.5, 0.6) is 6.08 Å². The predicted octanol–water partition coefficient (Wildman–Crippen LogP) is 2.22. The Morgan fingerprint density at radius 3 is 2.86 bits per heavy atom. The van der Waals surface area contributed by atoms with Crippen molar-refractivity contribution in [3.8, 4) is 6.08 Å². The Kier molecular flexibility index (Phi) is 4.76. The molecule has 0 bridgehead atoms. The van der Waals surface area contributed by atoms with Crippen molar-refractivity contribution in [1.82, 2.24) is 4.98 Å². The van der Waals surface area contributed by atoms with E-state index in [9.17, 15) is 0 Å². The first kappa shape index (κ1) is 11.3. The lowest BCUT2D eigenvalue weighted by Crippen LogP contribution is -2.11. The van der Waals surface area contributed by atoms with Gasteiger partial charge in [-0.2, -0.15) is 4.98 Å². The van der Waals surface area contributed by atoms with Gasteiger partial charge in [0.05, 0.1) is 24.3 Å². The maximum absolute atomic E-state index is 5.54. The summed E-state index contributed by atoms with van der Waals surface area (Å²) in [7, 11) is 0. The third-order valence-electron chi connectivity index (χ3n) is 1.43. The number of hydrogen-bond acceptors (Lipinski definition) is 4. The van der Waals surface area contributed by atoms with E-state index in [1.54, 1.807) is 0 Å². The standard InChI is InChI=1S/C9H14ClNO3/c1-7(2)12-3-4-13-9-11-8(5-10)6-14-9/h6-7H,3-5H2,1-2H3. The number of rotatable bonds is 6. The lowest BCUT2D eigenvalue weighted by molar-refractivity contribution is 0.0480. The Morgan fingerprint density at radius 2 is 2.29 bits per heavy atom. The van der Waals surface area contributed by atoms with Gasteiger partial charge in [0.15, 0.2) is 0 Å². The average Bonchev–Trinajstić information content (AvgIpc) is 2.60. The Morgan fingerprint density at radius 1 is 1.50 bits per heavy atom. The van der Waals surface area contributed by atoms with Gasteiger partial charge < -0.3 is 13.9 Å². The van der Waals surface area contributed by atoms with E-state index in [1.165, 1.54) is 6.26 Å². The van der Waals surface area contributed by atoms with E-state index >= 15 is 0 Å². The van der Waals surface area contributed by atoms with Gasteiger partial charge in [-0.3, -0.25) is 0 Å². The number of oxazole rings is 1. The van der Waals surface area contributed by atoms with Gasteiger partial charge in [0, 0.05) is 0 Å². The van der Waals surface area contributed by atoms with Crippen LogP contribution in [0.4, 0.5) is 0 Å². The SMILES string of the molecule is CC(C)OCCOc1nc(CCl)co1. The van der Waals surface area contributed by atoms with Gasteiger partial charge in [-0.15, -0.1) is 11.6 Å².